The highest BCUT2D eigenvalue weighted by Gasteiger charge is 2.34. The largest absolute Gasteiger partial charge is 0.573 e. The molecular weight excluding hydrogens is 690 g/mol. The second-order valence-corrected chi connectivity index (χ2v) is 8.46. The Morgan fingerprint density at radius 3 is 1.46 bits per heavy atom. The first kappa shape index (κ1) is 31.0. The molecule has 0 saturated carbocycles. The number of benzene rings is 2. The van der Waals surface area contributed by atoms with Crippen molar-refractivity contribution in [3.63, 3.8) is 0 Å². The second kappa shape index (κ2) is 12.8. The van der Waals surface area contributed by atoms with Crippen LogP contribution >= 0.6 is 47.8 Å². The molecule has 194 valence electrons. The van der Waals surface area contributed by atoms with E-state index in [-0.39, 0.29) is 48.5 Å². The average molecular weight is 705 g/mol. The van der Waals surface area contributed by atoms with E-state index < -0.39 is 24.2 Å². The maximum absolute atomic E-state index is 12.2. The number of methoxy groups -OCH3 is 2. The smallest absolute Gasteiger partial charge is 0.492 e. The summed E-state index contributed by atoms with van der Waals surface area (Å²) in [7, 11) is 2.41. The van der Waals surface area contributed by atoms with Gasteiger partial charge in [0.05, 0.1) is 28.5 Å². The van der Waals surface area contributed by atoms with Crippen LogP contribution in [0.25, 0.3) is 0 Å². The topological polar surface area (TPSA) is 71.1 Å². The van der Waals surface area contributed by atoms with E-state index in [1.54, 1.807) is 0 Å². The van der Waals surface area contributed by atoms with E-state index in [1.165, 1.54) is 33.3 Å². The molecule has 0 atom stereocenters. The van der Waals surface area contributed by atoms with Gasteiger partial charge in [-0.15, -0.1) is 26.3 Å². The summed E-state index contributed by atoms with van der Waals surface area (Å²) >= 11 is 8.97. The molecule has 2 rings (SSSR count). The molecule has 0 unspecified atom stereocenters. The van der Waals surface area contributed by atoms with Crippen LogP contribution in [0.1, 0.15) is 27.6 Å². The van der Waals surface area contributed by atoms with Gasteiger partial charge in [0.25, 0.3) is 0 Å². The van der Waals surface area contributed by atoms with E-state index in [1.807, 2.05) is 0 Å². The number of ether oxygens (including phenoxy) is 4. The molecular formula is C20H15Br3F6O6. The van der Waals surface area contributed by atoms with Crippen molar-refractivity contribution < 1.29 is 54.9 Å². The predicted molar refractivity (Wildman–Crippen MR) is 123 cm³/mol. The third-order valence-corrected chi connectivity index (χ3v) is 5.42. The molecule has 2 aromatic rings. The molecule has 0 fully saturated rings. The number of hydrogen-bond donors (Lipinski definition) is 0. The lowest BCUT2D eigenvalue weighted by molar-refractivity contribution is -0.276. The van der Waals surface area contributed by atoms with E-state index in [2.05, 4.69) is 57.3 Å². The monoisotopic (exact) mass is 702 g/mol. The number of carbonyl (C=O) groups is 2. The summed E-state index contributed by atoms with van der Waals surface area (Å²) in [5.74, 6) is -2.11. The number of Topliss-reactive ketones (excluding diaryl/α,β-unsaturated/α-hetero) is 2. The Balaban J connectivity index is 0.000000351. The molecule has 15 heteroatoms. The summed E-state index contributed by atoms with van der Waals surface area (Å²) in [4.78, 5) is 22.6. The highest BCUT2D eigenvalue weighted by molar-refractivity contribution is 9.11. The average Bonchev–Trinajstić information content (AvgIpc) is 2.70. The fourth-order valence-electron chi connectivity index (χ4n) is 2.38. The molecule has 0 aliphatic carbocycles. The van der Waals surface area contributed by atoms with E-state index in [0.29, 0.717) is 0 Å². The van der Waals surface area contributed by atoms with Crippen LogP contribution in [0.15, 0.2) is 33.2 Å². The molecule has 0 N–H and O–H groups in total. The van der Waals surface area contributed by atoms with Gasteiger partial charge in [0, 0.05) is 11.1 Å². The molecule has 0 radical (unpaired) electrons. The number of rotatable bonds is 7. The third kappa shape index (κ3) is 9.88. The van der Waals surface area contributed by atoms with Gasteiger partial charge in [0.1, 0.15) is 0 Å². The van der Waals surface area contributed by atoms with Gasteiger partial charge in [0.2, 0.25) is 0 Å². The quantitative estimate of drug-likeness (QED) is 0.169. The van der Waals surface area contributed by atoms with Crippen molar-refractivity contribution in [2.24, 2.45) is 0 Å². The van der Waals surface area contributed by atoms with Crippen molar-refractivity contribution >= 4 is 59.4 Å². The summed E-state index contributed by atoms with van der Waals surface area (Å²) in [6.07, 6.45) is -9.70. The minimum atomic E-state index is -4.86. The summed E-state index contributed by atoms with van der Waals surface area (Å²) in [5, 5.41) is -0.00275. The van der Waals surface area contributed by atoms with Crippen molar-refractivity contribution in [2.45, 2.75) is 19.6 Å². The van der Waals surface area contributed by atoms with E-state index >= 15 is 0 Å². The summed E-state index contributed by atoms with van der Waals surface area (Å²) in [6.45, 7) is 1.24. The predicted octanol–water partition coefficient (Wildman–Crippen LogP) is 7.49. The Morgan fingerprint density at radius 1 is 0.771 bits per heavy atom. The van der Waals surface area contributed by atoms with Crippen LogP contribution in [0, 0.1) is 0 Å². The molecule has 0 bridgehead atoms. The van der Waals surface area contributed by atoms with Crippen molar-refractivity contribution in [1.82, 2.24) is 0 Å². The van der Waals surface area contributed by atoms with Crippen LogP contribution in [-0.4, -0.2) is 43.8 Å². The lowest BCUT2D eigenvalue weighted by atomic mass is 10.1. The maximum atomic E-state index is 12.2. The summed E-state index contributed by atoms with van der Waals surface area (Å²) < 4.78 is 90.7. The second-order valence-electron chi connectivity index (χ2n) is 6.19. The van der Waals surface area contributed by atoms with Crippen molar-refractivity contribution in [2.75, 3.05) is 19.5 Å². The first-order valence-corrected chi connectivity index (χ1v) is 11.6. The van der Waals surface area contributed by atoms with Crippen LogP contribution in [0.3, 0.4) is 0 Å². The fourth-order valence-corrected chi connectivity index (χ4v) is 3.91. The van der Waals surface area contributed by atoms with Crippen LogP contribution < -0.4 is 18.9 Å². The Kier molecular flexibility index (Phi) is 11.4. The number of alkyl halides is 7. The highest BCUT2D eigenvalue weighted by atomic mass is 79.9. The van der Waals surface area contributed by atoms with Gasteiger partial charge in [-0.3, -0.25) is 9.59 Å². The molecule has 0 amide bonds. The highest BCUT2D eigenvalue weighted by Crippen LogP contribution is 2.40. The van der Waals surface area contributed by atoms with Crippen molar-refractivity contribution in [3.8, 4) is 23.0 Å². The SMILES string of the molecule is COc1c(Br)cc(C(=O)CBr)cc1OC(F)(F)F.COc1c(Br)cc(C(C)=O)cc1OC(F)(F)F. The molecule has 0 aliphatic heterocycles. The van der Waals surface area contributed by atoms with E-state index in [4.69, 9.17) is 9.47 Å². The van der Waals surface area contributed by atoms with Crippen molar-refractivity contribution in [3.05, 3.63) is 44.3 Å². The van der Waals surface area contributed by atoms with Gasteiger partial charge in [-0.2, -0.15) is 0 Å². The lowest BCUT2D eigenvalue weighted by Crippen LogP contribution is -2.18. The number of halogens is 9. The minimum absolute atomic E-state index is 0.00275. The first-order valence-electron chi connectivity index (χ1n) is 8.89. The zero-order valence-corrected chi connectivity index (χ0v) is 22.6. The van der Waals surface area contributed by atoms with Crippen LogP contribution in [0.4, 0.5) is 26.3 Å². The standard InChI is InChI=1S/C10H7Br2F3O3.C10H8BrF3O3/c1-17-9-6(12)2-5(7(16)4-11)3-8(9)18-10(13,14)15;1-5(15)6-3-7(11)9(16-2)8(4-6)17-10(12,13)14/h2-3H,4H2,1H3;3-4H,1-2H3. The molecule has 2 aromatic carbocycles. The van der Waals surface area contributed by atoms with Gasteiger partial charge < -0.3 is 18.9 Å². The van der Waals surface area contributed by atoms with E-state index in [9.17, 15) is 35.9 Å². The van der Waals surface area contributed by atoms with Crippen LogP contribution in [0.5, 0.6) is 23.0 Å². The van der Waals surface area contributed by atoms with E-state index in [0.717, 1.165) is 12.1 Å². The first-order chi connectivity index (χ1) is 16.0. The van der Waals surface area contributed by atoms with Gasteiger partial charge in [-0.1, -0.05) is 15.9 Å². The lowest BCUT2D eigenvalue weighted by Gasteiger charge is -2.14. The zero-order chi connectivity index (χ0) is 27.1. The van der Waals surface area contributed by atoms with Crippen LogP contribution in [-0.2, 0) is 0 Å². The zero-order valence-electron chi connectivity index (χ0n) is 17.9. The van der Waals surface area contributed by atoms with Gasteiger partial charge in [0.15, 0.2) is 34.6 Å². The van der Waals surface area contributed by atoms with Crippen molar-refractivity contribution in [1.29, 1.82) is 0 Å². The molecule has 6 nitrogen and oxygen atoms in total. The number of ketones is 2. The van der Waals surface area contributed by atoms with Gasteiger partial charge >= 0.3 is 12.7 Å². The van der Waals surface area contributed by atoms with Crippen LogP contribution in [0.2, 0.25) is 0 Å². The minimum Gasteiger partial charge on any atom is -0.492 e. The molecule has 0 aromatic heterocycles. The maximum Gasteiger partial charge on any atom is 0.573 e. The Labute approximate surface area is 220 Å². The molecule has 0 saturated heterocycles. The Morgan fingerprint density at radius 2 is 1.14 bits per heavy atom. The molecule has 0 heterocycles. The summed E-state index contributed by atoms with van der Waals surface area (Å²) in [6, 6.07) is 4.70. The van der Waals surface area contributed by atoms with Gasteiger partial charge in [-0.25, -0.2) is 0 Å². The molecule has 0 spiro atoms. The Bertz CT molecular complexity index is 1070. The van der Waals surface area contributed by atoms with Gasteiger partial charge in [-0.05, 0) is 63.0 Å². The third-order valence-electron chi connectivity index (χ3n) is 3.73. The number of hydrogen-bond acceptors (Lipinski definition) is 6. The molecule has 35 heavy (non-hydrogen) atoms. The molecule has 0 aliphatic rings. The normalized spacial score (nSPS) is 11.2. The number of carbonyl (C=O) groups excluding carboxylic acids is 2. The fraction of sp³-hybridized carbons (Fsp3) is 0.300. The summed E-state index contributed by atoms with van der Waals surface area (Å²) in [5.41, 5.74) is 0.177. The Hall–Kier alpha value is -2.00.